The van der Waals surface area contributed by atoms with Gasteiger partial charge >= 0.3 is 6.09 Å². The number of carbonyl (C=O) groups excluding carboxylic acids is 1. The van der Waals surface area contributed by atoms with Crippen LogP contribution < -0.4 is 5.32 Å². The number of halogens is 2. The number of amides is 1. The number of nitrogens with zero attached hydrogens (tertiary/aromatic N) is 1. The number of rotatable bonds is 1. The molecule has 0 radical (unpaired) electrons. The maximum Gasteiger partial charge on any atom is 0.410 e. The van der Waals surface area contributed by atoms with E-state index in [1.807, 2.05) is 0 Å². The van der Waals surface area contributed by atoms with E-state index in [2.05, 4.69) is 5.32 Å². The molecule has 0 aromatic heterocycles. The number of alkyl halides is 2. The molecule has 0 bridgehead atoms. The molecule has 1 fully saturated rings. The summed E-state index contributed by atoms with van der Waals surface area (Å²) in [5, 5.41) is 2.73. The molecule has 0 aromatic carbocycles. The van der Waals surface area contributed by atoms with Gasteiger partial charge in [0.2, 0.25) is 0 Å². The molecule has 1 N–H and O–H groups in total. The van der Waals surface area contributed by atoms with Crippen LogP contribution in [0.3, 0.4) is 0 Å². The Balaban J connectivity index is 2.48. The van der Waals surface area contributed by atoms with E-state index in [1.54, 1.807) is 20.8 Å². The summed E-state index contributed by atoms with van der Waals surface area (Å²) < 4.78 is 30.2. The van der Waals surface area contributed by atoms with Crippen LogP contribution in [0.25, 0.3) is 0 Å². The largest absolute Gasteiger partial charge is 0.444 e. The predicted molar refractivity (Wildman–Crippen MR) is 60.2 cm³/mol. The zero-order valence-corrected chi connectivity index (χ0v) is 10.5. The molecule has 1 aliphatic rings. The maximum atomic E-state index is 12.5. The molecule has 1 atom stereocenters. The van der Waals surface area contributed by atoms with Crippen LogP contribution in [-0.4, -0.2) is 48.7 Å². The van der Waals surface area contributed by atoms with Gasteiger partial charge in [-0.1, -0.05) is 0 Å². The summed E-state index contributed by atoms with van der Waals surface area (Å²) in [5.41, 5.74) is -0.557. The Morgan fingerprint density at radius 2 is 2.06 bits per heavy atom. The van der Waals surface area contributed by atoms with E-state index in [0.29, 0.717) is 19.6 Å². The SMILES string of the molecule is CC(C)(C)OC(=O)N1CCNC(C(F)F)CC1. The number of hydrogen-bond acceptors (Lipinski definition) is 3. The Kier molecular flexibility index (Phi) is 4.68. The molecule has 1 aliphatic heterocycles. The van der Waals surface area contributed by atoms with Crippen molar-refractivity contribution in [2.24, 2.45) is 0 Å². The van der Waals surface area contributed by atoms with Gasteiger partial charge in [0.15, 0.2) is 0 Å². The third-order valence-corrected chi connectivity index (χ3v) is 2.45. The minimum absolute atomic E-state index is 0.247. The van der Waals surface area contributed by atoms with Gasteiger partial charge in [0, 0.05) is 19.6 Å². The van der Waals surface area contributed by atoms with Crippen molar-refractivity contribution < 1.29 is 18.3 Å². The molecule has 100 valence electrons. The van der Waals surface area contributed by atoms with Crippen LogP contribution in [0.15, 0.2) is 0 Å². The molecule has 1 amide bonds. The van der Waals surface area contributed by atoms with Gasteiger partial charge in [-0.2, -0.15) is 0 Å². The lowest BCUT2D eigenvalue weighted by molar-refractivity contribution is 0.0255. The fourth-order valence-electron chi connectivity index (χ4n) is 1.62. The summed E-state index contributed by atoms with van der Waals surface area (Å²) >= 11 is 0. The molecule has 1 rings (SSSR count). The molecule has 0 aliphatic carbocycles. The fraction of sp³-hybridized carbons (Fsp3) is 0.909. The van der Waals surface area contributed by atoms with Crippen LogP contribution in [-0.2, 0) is 4.74 Å². The van der Waals surface area contributed by atoms with Crippen molar-refractivity contribution in [3.05, 3.63) is 0 Å². The second-order valence-electron chi connectivity index (χ2n) is 5.15. The van der Waals surface area contributed by atoms with Crippen molar-refractivity contribution >= 4 is 6.09 Å². The first kappa shape index (κ1) is 14.2. The van der Waals surface area contributed by atoms with E-state index >= 15 is 0 Å². The first-order valence-electron chi connectivity index (χ1n) is 5.79. The van der Waals surface area contributed by atoms with Crippen LogP contribution in [0.1, 0.15) is 27.2 Å². The quantitative estimate of drug-likeness (QED) is 0.772. The molecule has 17 heavy (non-hydrogen) atoms. The van der Waals surface area contributed by atoms with Crippen molar-refractivity contribution in [3.8, 4) is 0 Å². The predicted octanol–water partition coefficient (Wildman–Crippen LogP) is 1.85. The Morgan fingerprint density at radius 3 is 2.59 bits per heavy atom. The lowest BCUT2D eigenvalue weighted by Gasteiger charge is -2.26. The van der Waals surface area contributed by atoms with E-state index in [1.165, 1.54) is 4.90 Å². The average molecular weight is 250 g/mol. The highest BCUT2D eigenvalue weighted by atomic mass is 19.3. The van der Waals surface area contributed by atoms with Gasteiger partial charge in [0.05, 0.1) is 6.04 Å². The first-order valence-corrected chi connectivity index (χ1v) is 5.79. The van der Waals surface area contributed by atoms with Crippen molar-refractivity contribution in [2.75, 3.05) is 19.6 Å². The standard InChI is InChI=1S/C11H20F2N2O2/c1-11(2,3)17-10(16)15-6-4-8(9(12)13)14-5-7-15/h8-9,14H,4-7H2,1-3H3. The van der Waals surface area contributed by atoms with Crippen LogP contribution in [0.4, 0.5) is 13.6 Å². The van der Waals surface area contributed by atoms with Crippen molar-refractivity contribution in [2.45, 2.75) is 45.3 Å². The summed E-state index contributed by atoms with van der Waals surface area (Å²) in [5.74, 6) is 0. The van der Waals surface area contributed by atoms with Gasteiger partial charge in [-0.15, -0.1) is 0 Å². The van der Waals surface area contributed by atoms with Gasteiger partial charge in [-0.25, -0.2) is 13.6 Å². The topological polar surface area (TPSA) is 41.6 Å². The van der Waals surface area contributed by atoms with Crippen LogP contribution in [0, 0.1) is 0 Å². The number of carbonyl (C=O) groups is 1. The van der Waals surface area contributed by atoms with Crippen molar-refractivity contribution in [1.82, 2.24) is 10.2 Å². The average Bonchev–Trinajstić information content (AvgIpc) is 2.39. The Bertz CT molecular complexity index is 267. The lowest BCUT2D eigenvalue weighted by Crippen LogP contribution is -2.38. The Morgan fingerprint density at radius 1 is 1.41 bits per heavy atom. The van der Waals surface area contributed by atoms with Crippen LogP contribution in [0.2, 0.25) is 0 Å². The monoisotopic (exact) mass is 250 g/mol. The van der Waals surface area contributed by atoms with Crippen LogP contribution >= 0.6 is 0 Å². The van der Waals surface area contributed by atoms with Crippen molar-refractivity contribution in [3.63, 3.8) is 0 Å². The van der Waals surface area contributed by atoms with Crippen molar-refractivity contribution in [1.29, 1.82) is 0 Å². The molecule has 1 heterocycles. The van der Waals surface area contributed by atoms with E-state index < -0.39 is 24.2 Å². The highest BCUT2D eigenvalue weighted by Gasteiger charge is 2.28. The highest BCUT2D eigenvalue weighted by Crippen LogP contribution is 2.13. The lowest BCUT2D eigenvalue weighted by atomic mass is 10.2. The van der Waals surface area contributed by atoms with E-state index in [9.17, 15) is 13.6 Å². The maximum absolute atomic E-state index is 12.5. The fourth-order valence-corrected chi connectivity index (χ4v) is 1.62. The zero-order chi connectivity index (χ0) is 13.1. The molecule has 6 heteroatoms. The van der Waals surface area contributed by atoms with Gasteiger partial charge in [-0.3, -0.25) is 0 Å². The third-order valence-electron chi connectivity index (χ3n) is 2.45. The summed E-state index contributed by atoms with van der Waals surface area (Å²) in [6.07, 6.45) is -2.58. The number of hydrogen-bond donors (Lipinski definition) is 1. The van der Waals surface area contributed by atoms with E-state index in [0.717, 1.165) is 0 Å². The summed E-state index contributed by atoms with van der Waals surface area (Å²) in [4.78, 5) is 13.2. The van der Waals surface area contributed by atoms with E-state index in [4.69, 9.17) is 4.74 Å². The van der Waals surface area contributed by atoms with Gasteiger partial charge < -0.3 is 15.0 Å². The van der Waals surface area contributed by atoms with E-state index in [-0.39, 0.29) is 6.42 Å². The Labute approximate surface area is 100 Å². The third kappa shape index (κ3) is 4.85. The molecular formula is C11H20F2N2O2. The first-order chi connectivity index (χ1) is 7.79. The molecule has 0 spiro atoms. The summed E-state index contributed by atoms with van der Waals surface area (Å²) in [6.45, 7) is 6.41. The zero-order valence-electron chi connectivity index (χ0n) is 10.5. The minimum atomic E-state index is -2.39. The molecule has 1 saturated heterocycles. The molecule has 0 saturated carbocycles. The number of ether oxygens (including phenoxy) is 1. The van der Waals surface area contributed by atoms with Crippen LogP contribution in [0.5, 0.6) is 0 Å². The second kappa shape index (κ2) is 5.62. The normalized spacial score (nSPS) is 22.5. The smallest absolute Gasteiger partial charge is 0.410 e. The van der Waals surface area contributed by atoms with Gasteiger partial charge in [0.1, 0.15) is 5.60 Å². The molecular weight excluding hydrogens is 230 g/mol. The second-order valence-corrected chi connectivity index (χ2v) is 5.15. The Hall–Kier alpha value is -0.910. The molecule has 4 nitrogen and oxygen atoms in total. The van der Waals surface area contributed by atoms with Gasteiger partial charge in [0.25, 0.3) is 6.43 Å². The molecule has 0 aromatic rings. The molecule has 1 unspecified atom stereocenters. The highest BCUT2D eigenvalue weighted by molar-refractivity contribution is 5.68. The van der Waals surface area contributed by atoms with Gasteiger partial charge in [-0.05, 0) is 27.2 Å². The number of nitrogens with one attached hydrogen (secondary N) is 1. The summed E-state index contributed by atoms with van der Waals surface area (Å²) in [7, 11) is 0. The summed E-state index contributed by atoms with van der Waals surface area (Å²) in [6, 6.07) is -0.831. The minimum Gasteiger partial charge on any atom is -0.444 e.